The average molecular weight is 306 g/mol. The lowest BCUT2D eigenvalue weighted by molar-refractivity contribution is -0.133. The largest absolute Gasteiger partial charge is 0.341 e. The number of hydrazine groups is 1. The maximum Gasteiger partial charge on any atom is 0.236 e. The van der Waals surface area contributed by atoms with E-state index in [4.69, 9.17) is 0 Å². The second-order valence-corrected chi connectivity index (χ2v) is 6.45. The van der Waals surface area contributed by atoms with E-state index in [9.17, 15) is 9.18 Å². The van der Waals surface area contributed by atoms with E-state index in [0.29, 0.717) is 18.5 Å². The number of benzene rings is 1. The fourth-order valence-corrected chi connectivity index (χ4v) is 3.40. The number of nitrogens with one attached hydrogen (secondary N) is 2. The van der Waals surface area contributed by atoms with E-state index in [1.165, 1.54) is 12.1 Å². The second-order valence-electron chi connectivity index (χ2n) is 6.45. The van der Waals surface area contributed by atoms with Gasteiger partial charge in [0.1, 0.15) is 5.82 Å². The fourth-order valence-electron chi connectivity index (χ4n) is 3.40. The van der Waals surface area contributed by atoms with Gasteiger partial charge in [0.2, 0.25) is 5.91 Å². The summed E-state index contributed by atoms with van der Waals surface area (Å²) in [5, 5.41) is 0. The van der Waals surface area contributed by atoms with Crippen molar-refractivity contribution in [3.8, 4) is 0 Å². The summed E-state index contributed by atoms with van der Waals surface area (Å²) in [6.07, 6.45) is 0.939. The van der Waals surface area contributed by atoms with Crippen molar-refractivity contribution in [3.63, 3.8) is 0 Å². The minimum absolute atomic E-state index is 0.112. The molecule has 2 heterocycles. The molecule has 1 amide bonds. The topological polar surface area (TPSA) is 47.6 Å². The number of nitrogens with zero attached hydrogens (tertiary/aromatic N) is 2. The lowest BCUT2D eigenvalue weighted by Gasteiger charge is -2.36. The fraction of sp³-hybridized carbons (Fsp3) is 0.562. The van der Waals surface area contributed by atoms with Crippen molar-refractivity contribution in [2.45, 2.75) is 18.5 Å². The number of amides is 1. The van der Waals surface area contributed by atoms with E-state index in [1.54, 1.807) is 0 Å². The lowest BCUT2D eigenvalue weighted by Crippen LogP contribution is -2.49. The van der Waals surface area contributed by atoms with Gasteiger partial charge in [0.05, 0.1) is 12.6 Å². The molecule has 2 aliphatic heterocycles. The monoisotopic (exact) mass is 306 g/mol. The standard InChI is InChI=1S/C16H23FN4O/c1-20(2)10-15(22)21-8-7-14-13(9-21)16(19-18-14)11-3-5-12(17)6-4-11/h3-6,13-14,16,18-19H,7-10H2,1-2H3. The number of hydrogen-bond donors (Lipinski definition) is 2. The summed E-state index contributed by atoms with van der Waals surface area (Å²) < 4.78 is 13.1. The van der Waals surface area contributed by atoms with Crippen LogP contribution >= 0.6 is 0 Å². The van der Waals surface area contributed by atoms with Crippen LogP contribution in [0.1, 0.15) is 18.0 Å². The molecule has 120 valence electrons. The first kappa shape index (κ1) is 15.4. The van der Waals surface area contributed by atoms with E-state index in [-0.39, 0.29) is 17.8 Å². The smallest absolute Gasteiger partial charge is 0.236 e. The Labute approximate surface area is 130 Å². The number of likely N-dealkylation sites (tertiary alicyclic amines) is 1. The first-order valence-corrected chi connectivity index (χ1v) is 7.73. The zero-order chi connectivity index (χ0) is 15.7. The van der Waals surface area contributed by atoms with Crippen molar-refractivity contribution in [1.82, 2.24) is 20.7 Å². The zero-order valence-electron chi connectivity index (χ0n) is 13.1. The van der Waals surface area contributed by atoms with Gasteiger partial charge >= 0.3 is 0 Å². The van der Waals surface area contributed by atoms with Gasteiger partial charge in [-0.2, -0.15) is 0 Å². The molecule has 0 aliphatic carbocycles. The Bertz CT molecular complexity index is 533. The molecule has 2 N–H and O–H groups in total. The maximum atomic E-state index is 13.1. The Morgan fingerprint density at radius 1 is 1.32 bits per heavy atom. The molecule has 0 aromatic heterocycles. The molecule has 0 bridgehead atoms. The minimum atomic E-state index is -0.224. The Morgan fingerprint density at radius 2 is 2.05 bits per heavy atom. The Kier molecular flexibility index (Phi) is 4.42. The van der Waals surface area contributed by atoms with Crippen molar-refractivity contribution in [3.05, 3.63) is 35.6 Å². The van der Waals surface area contributed by atoms with E-state index >= 15 is 0 Å². The third-order valence-corrected chi connectivity index (χ3v) is 4.54. The first-order chi connectivity index (χ1) is 10.5. The highest BCUT2D eigenvalue weighted by Gasteiger charge is 2.41. The summed E-state index contributed by atoms with van der Waals surface area (Å²) in [4.78, 5) is 16.1. The van der Waals surface area contributed by atoms with Gasteiger partial charge in [0.15, 0.2) is 0 Å². The predicted octanol–water partition coefficient (Wildman–Crippen LogP) is 0.753. The zero-order valence-corrected chi connectivity index (χ0v) is 13.1. The minimum Gasteiger partial charge on any atom is -0.341 e. The molecule has 6 heteroatoms. The SMILES string of the molecule is CN(C)CC(=O)N1CCC2NNC(c3ccc(F)cc3)C2C1. The van der Waals surface area contributed by atoms with Gasteiger partial charge in [-0.3, -0.25) is 10.2 Å². The molecule has 22 heavy (non-hydrogen) atoms. The summed E-state index contributed by atoms with van der Waals surface area (Å²) in [6.45, 7) is 1.97. The van der Waals surface area contributed by atoms with Gasteiger partial charge in [-0.05, 0) is 38.2 Å². The molecule has 3 atom stereocenters. The van der Waals surface area contributed by atoms with Gasteiger partial charge < -0.3 is 9.80 Å². The molecule has 0 radical (unpaired) electrons. The van der Waals surface area contributed by atoms with Crippen LogP contribution in [0.3, 0.4) is 0 Å². The van der Waals surface area contributed by atoms with Crippen LogP contribution in [0.25, 0.3) is 0 Å². The van der Waals surface area contributed by atoms with Crippen LogP contribution in [0, 0.1) is 11.7 Å². The van der Waals surface area contributed by atoms with E-state index in [0.717, 1.165) is 25.1 Å². The average Bonchev–Trinajstić information content (AvgIpc) is 2.90. The van der Waals surface area contributed by atoms with Crippen LogP contribution < -0.4 is 10.9 Å². The van der Waals surface area contributed by atoms with E-state index < -0.39 is 0 Å². The number of piperidine rings is 1. The molecule has 3 unspecified atom stereocenters. The van der Waals surface area contributed by atoms with Crippen LogP contribution in [0.2, 0.25) is 0 Å². The Hall–Kier alpha value is -1.50. The summed E-state index contributed by atoms with van der Waals surface area (Å²) in [7, 11) is 3.81. The first-order valence-electron chi connectivity index (χ1n) is 7.73. The molecule has 1 aromatic rings. The molecule has 5 nitrogen and oxygen atoms in total. The normalized spacial score (nSPS) is 28.0. The van der Waals surface area contributed by atoms with Gasteiger partial charge in [-0.25, -0.2) is 9.82 Å². The van der Waals surface area contributed by atoms with Crippen molar-refractivity contribution < 1.29 is 9.18 Å². The molecule has 0 saturated carbocycles. The third kappa shape index (κ3) is 3.14. The van der Waals surface area contributed by atoms with Crippen LogP contribution in [-0.2, 0) is 4.79 Å². The van der Waals surface area contributed by atoms with E-state index in [2.05, 4.69) is 10.9 Å². The van der Waals surface area contributed by atoms with Crippen molar-refractivity contribution >= 4 is 5.91 Å². The molecule has 2 saturated heterocycles. The number of hydrogen-bond acceptors (Lipinski definition) is 4. The quantitative estimate of drug-likeness (QED) is 0.865. The van der Waals surface area contributed by atoms with Crippen molar-refractivity contribution in [2.24, 2.45) is 5.92 Å². The van der Waals surface area contributed by atoms with Crippen LogP contribution in [0.5, 0.6) is 0 Å². The number of carbonyl (C=O) groups is 1. The number of halogens is 1. The maximum absolute atomic E-state index is 13.1. The molecular weight excluding hydrogens is 283 g/mol. The second kappa shape index (κ2) is 6.32. The third-order valence-electron chi connectivity index (χ3n) is 4.54. The molecule has 0 spiro atoms. The molecule has 2 fully saturated rings. The summed E-state index contributed by atoms with van der Waals surface area (Å²) in [6, 6.07) is 7.08. The van der Waals surface area contributed by atoms with Gasteiger partial charge in [0.25, 0.3) is 0 Å². The number of likely N-dealkylation sites (N-methyl/N-ethyl adjacent to an activating group) is 1. The van der Waals surface area contributed by atoms with E-state index in [1.807, 2.05) is 36.0 Å². The molecule has 1 aromatic carbocycles. The summed E-state index contributed by atoms with van der Waals surface area (Å²) in [5.41, 5.74) is 7.70. The molecule has 2 aliphatic rings. The highest BCUT2D eigenvalue weighted by atomic mass is 19.1. The van der Waals surface area contributed by atoms with Gasteiger partial charge in [0, 0.05) is 25.0 Å². The van der Waals surface area contributed by atoms with Crippen LogP contribution in [0.15, 0.2) is 24.3 Å². The Balaban J connectivity index is 1.71. The van der Waals surface area contributed by atoms with Gasteiger partial charge in [-0.1, -0.05) is 12.1 Å². The highest BCUT2D eigenvalue weighted by molar-refractivity contribution is 5.78. The number of fused-ring (bicyclic) bond motifs is 1. The van der Waals surface area contributed by atoms with Crippen molar-refractivity contribution in [1.29, 1.82) is 0 Å². The lowest BCUT2D eigenvalue weighted by atomic mass is 9.85. The molecular formula is C16H23FN4O. The predicted molar refractivity (Wildman–Crippen MR) is 82.4 cm³/mol. The number of rotatable bonds is 3. The molecule has 3 rings (SSSR count). The Morgan fingerprint density at radius 3 is 2.73 bits per heavy atom. The summed E-state index contributed by atoms with van der Waals surface area (Å²) >= 11 is 0. The van der Waals surface area contributed by atoms with Gasteiger partial charge in [-0.15, -0.1) is 0 Å². The highest BCUT2D eigenvalue weighted by Crippen LogP contribution is 2.33. The summed E-state index contributed by atoms with van der Waals surface area (Å²) in [5.74, 6) is 0.260. The van der Waals surface area contributed by atoms with Crippen LogP contribution in [-0.4, -0.2) is 55.5 Å². The number of carbonyl (C=O) groups excluding carboxylic acids is 1. The van der Waals surface area contributed by atoms with Crippen molar-refractivity contribution in [2.75, 3.05) is 33.7 Å². The van der Waals surface area contributed by atoms with Crippen LogP contribution in [0.4, 0.5) is 4.39 Å².